The molecule has 0 saturated heterocycles. The molecule has 0 bridgehead atoms. The molecule has 4 heteroatoms. The number of ether oxygens (including phenoxy) is 1. The maximum absolute atomic E-state index is 11.7. The van der Waals surface area contributed by atoms with Gasteiger partial charge in [-0.3, -0.25) is 4.79 Å². The Morgan fingerprint density at radius 3 is 2.52 bits per heavy atom. The van der Waals surface area contributed by atoms with Crippen molar-refractivity contribution in [2.24, 2.45) is 17.6 Å². The minimum Gasteiger partial charge on any atom is -0.378 e. The van der Waals surface area contributed by atoms with Gasteiger partial charge in [-0.1, -0.05) is 13.8 Å². The van der Waals surface area contributed by atoms with Crippen LogP contribution < -0.4 is 11.1 Å². The van der Waals surface area contributed by atoms with Crippen LogP contribution in [0.15, 0.2) is 0 Å². The molecule has 0 aromatic carbocycles. The lowest BCUT2D eigenvalue weighted by Gasteiger charge is -2.33. The number of carbonyl (C=O) groups is 1. The highest BCUT2D eigenvalue weighted by Gasteiger charge is 2.31. The molecule has 4 atom stereocenters. The van der Waals surface area contributed by atoms with E-state index in [9.17, 15) is 4.79 Å². The molecular formula is C17H34N2O2. The first-order chi connectivity index (χ1) is 9.74. The van der Waals surface area contributed by atoms with Crippen molar-refractivity contribution < 1.29 is 9.53 Å². The van der Waals surface area contributed by atoms with Crippen LogP contribution in [0.2, 0.25) is 0 Å². The normalized spacial score (nSPS) is 29.3. The molecule has 0 aromatic rings. The number of carbonyl (C=O) groups excluding carboxylic acids is 1. The van der Waals surface area contributed by atoms with E-state index < -0.39 is 5.54 Å². The molecule has 1 aliphatic carbocycles. The van der Waals surface area contributed by atoms with Crippen molar-refractivity contribution in [3.8, 4) is 0 Å². The van der Waals surface area contributed by atoms with E-state index in [4.69, 9.17) is 10.5 Å². The Morgan fingerprint density at radius 2 is 2.00 bits per heavy atom. The summed E-state index contributed by atoms with van der Waals surface area (Å²) >= 11 is 0. The van der Waals surface area contributed by atoms with E-state index in [2.05, 4.69) is 19.2 Å². The Morgan fingerprint density at radius 1 is 1.33 bits per heavy atom. The van der Waals surface area contributed by atoms with Gasteiger partial charge in [0.15, 0.2) is 0 Å². The minimum atomic E-state index is -0.633. The van der Waals surface area contributed by atoms with Gasteiger partial charge in [0.05, 0.1) is 11.6 Å². The number of nitrogens with two attached hydrogens (primary N) is 1. The largest absolute Gasteiger partial charge is 0.378 e. The van der Waals surface area contributed by atoms with E-state index in [-0.39, 0.29) is 11.9 Å². The molecule has 0 aromatic heterocycles. The lowest BCUT2D eigenvalue weighted by molar-refractivity contribution is -0.124. The molecule has 1 amide bonds. The summed E-state index contributed by atoms with van der Waals surface area (Å²) in [6.45, 7) is 11.3. The lowest BCUT2D eigenvalue weighted by atomic mass is 9.80. The Balaban J connectivity index is 2.30. The van der Waals surface area contributed by atoms with E-state index in [1.807, 2.05) is 20.8 Å². The van der Waals surface area contributed by atoms with Gasteiger partial charge < -0.3 is 15.8 Å². The summed E-state index contributed by atoms with van der Waals surface area (Å²) in [6, 6.07) is 0.240. The van der Waals surface area contributed by atoms with Crippen LogP contribution in [0.4, 0.5) is 0 Å². The van der Waals surface area contributed by atoms with Gasteiger partial charge in [0, 0.05) is 12.6 Å². The molecule has 4 nitrogen and oxygen atoms in total. The van der Waals surface area contributed by atoms with Crippen molar-refractivity contribution in [3.05, 3.63) is 0 Å². The first-order valence-electron chi connectivity index (χ1n) is 8.44. The molecule has 0 radical (unpaired) electrons. The van der Waals surface area contributed by atoms with Crippen LogP contribution in [0, 0.1) is 11.8 Å². The van der Waals surface area contributed by atoms with Crippen LogP contribution in [0.3, 0.4) is 0 Å². The van der Waals surface area contributed by atoms with Crippen LogP contribution in [0.25, 0.3) is 0 Å². The minimum absolute atomic E-state index is 0.240. The second-order valence-electron chi connectivity index (χ2n) is 7.36. The van der Waals surface area contributed by atoms with Crippen LogP contribution in [-0.2, 0) is 9.53 Å². The molecule has 4 unspecified atom stereocenters. The van der Waals surface area contributed by atoms with Crippen LogP contribution in [0.1, 0.15) is 66.7 Å². The van der Waals surface area contributed by atoms with Gasteiger partial charge in [0.25, 0.3) is 0 Å². The van der Waals surface area contributed by atoms with Gasteiger partial charge >= 0.3 is 0 Å². The third-order valence-electron chi connectivity index (χ3n) is 4.88. The van der Waals surface area contributed by atoms with E-state index in [1.165, 1.54) is 19.3 Å². The van der Waals surface area contributed by atoms with Gasteiger partial charge in [-0.15, -0.1) is 0 Å². The number of rotatable bonds is 8. The molecule has 3 N–H and O–H groups in total. The van der Waals surface area contributed by atoms with Gasteiger partial charge in [0.2, 0.25) is 5.91 Å². The van der Waals surface area contributed by atoms with Crippen molar-refractivity contribution >= 4 is 5.91 Å². The Hall–Kier alpha value is -0.610. The predicted octanol–water partition coefficient (Wildman–Crippen LogP) is 2.85. The van der Waals surface area contributed by atoms with Crippen molar-refractivity contribution in [1.82, 2.24) is 5.32 Å². The standard InChI is InChI=1S/C17H34N2O2/c1-12(2)19-17(5,16(18)20)9-6-10-21-15-8-7-13(3)14(4)11-15/h12-15,19H,6-11H2,1-5H3,(H2,18,20). The van der Waals surface area contributed by atoms with Crippen molar-refractivity contribution in [2.75, 3.05) is 6.61 Å². The fraction of sp³-hybridized carbons (Fsp3) is 0.941. The number of amides is 1. The smallest absolute Gasteiger partial charge is 0.237 e. The number of nitrogens with one attached hydrogen (secondary N) is 1. The second-order valence-corrected chi connectivity index (χ2v) is 7.36. The first kappa shape index (κ1) is 18.4. The molecule has 1 aliphatic rings. The molecule has 21 heavy (non-hydrogen) atoms. The van der Waals surface area contributed by atoms with Gasteiger partial charge in [-0.25, -0.2) is 0 Å². The van der Waals surface area contributed by atoms with E-state index in [1.54, 1.807) is 0 Å². The SMILES string of the molecule is CC(C)NC(C)(CCCOC1CCC(C)C(C)C1)C(N)=O. The Labute approximate surface area is 130 Å². The number of primary amides is 1. The Bertz CT molecular complexity index is 333. The first-order valence-corrected chi connectivity index (χ1v) is 8.44. The summed E-state index contributed by atoms with van der Waals surface area (Å²) in [6.07, 6.45) is 5.58. The summed E-state index contributed by atoms with van der Waals surface area (Å²) in [5, 5.41) is 3.28. The summed E-state index contributed by atoms with van der Waals surface area (Å²) in [5.41, 5.74) is 4.90. The van der Waals surface area contributed by atoms with Crippen molar-refractivity contribution in [3.63, 3.8) is 0 Å². The highest BCUT2D eigenvalue weighted by Crippen LogP contribution is 2.31. The zero-order valence-electron chi connectivity index (χ0n) is 14.4. The third-order valence-corrected chi connectivity index (χ3v) is 4.88. The zero-order chi connectivity index (χ0) is 16.0. The molecular weight excluding hydrogens is 264 g/mol. The van der Waals surface area contributed by atoms with E-state index in [0.29, 0.717) is 12.7 Å². The van der Waals surface area contributed by atoms with Crippen molar-refractivity contribution in [1.29, 1.82) is 0 Å². The van der Waals surface area contributed by atoms with Crippen LogP contribution in [-0.4, -0.2) is 30.2 Å². The summed E-state index contributed by atoms with van der Waals surface area (Å²) in [4.78, 5) is 11.7. The van der Waals surface area contributed by atoms with Gasteiger partial charge in [0.1, 0.15) is 0 Å². The number of hydrogen-bond donors (Lipinski definition) is 2. The Kier molecular flexibility index (Phi) is 7.14. The molecule has 1 saturated carbocycles. The molecule has 0 heterocycles. The molecule has 0 aliphatic heterocycles. The lowest BCUT2D eigenvalue weighted by Crippen LogP contribution is -2.55. The van der Waals surface area contributed by atoms with Crippen LogP contribution >= 0.6 is 0 Å². The quantitative estimate of drug-likeness (QED) is 0.677. The summed E-state index contributed by atoms with van der Waals surface area (Å²) in [5.74, 6) is 1.29. The fourth-order valence-electron chi connectivity index (χ4n) is 3.23. The average Bonchev–Trinajstić information content (AvgIpc) is 2.38. The van der Waals surface area contributed by atoms with E-state index >= 15 is 0 Å². The molecule has 124 valence electrons. The maximum Gasteiger partial charge on any atom is 0.237 e. The second kappa shape index (κ2) is 8.14. The third kappa shape index (κ3) is 5.95. The number of hydrogen-bond acceptors (Lipinski definition) is 3. The van der Waals surface area contributed by atoms with E-state index in [0.717, 1.165) is 24.7 Å². The molecule has 1 rings (SSSR count). The average molecular weight is 298 g/mol. The molecule has 0 spiro atoms. The summed E-state index contributed by atoms with van der Waals surface area (Å²) < 4.78 is 6.00. The van der Waals surface area contributed by atoms with Gasteiger partial charge in [-0.2, -0.15) is 0 Å². The topological polar surface area (TPSA) is 64.3 Å². The maximum atomic E-state index is 11.7. The zero-order valence-corrected chi connectivity index (χ0v) is 14.4. The van der Waals surface area contributed by atoms with Crippen LogP contribution in [0.5, 0.6) is 0 Å². The predicted molar refractivity (Wildman–Crippen MR) is 87.0 cm³/mol. The highest BCUT2D eigenvalue weighted by molar-refractivity contribution is 5.84. The van der Waals surface area contributed by atoms with Gasteiger partial charge in [-0.05, 0) is 64.7 Å². The molecule has 1 fully saturated rings. The monoisotopic (exact) mass is 298 g/mol. The summed E-state index contributed by atoms with van der Waals surface area (Å²) in [7, 11) is 0. The van der Waals surface area contributed by atoms with Crippen molar-refractivity contribution in [2.45, 2.75) is 84.4 Å². The fourth-order valence-corrected chi connectivity index (χ4v) is 3.23. The highest BCUT2D eigenvalue weighted by atomic mass is 16.5.